The predicted molar refractivity (Wildman–Crippen MR) is 111 cm³/mol. The molecule has 1 saturated heterocycles. The minimum absolute atomic E-state index is 0.109. The molecule has 150 valence electrons. The second kappa shape index (κ2) is 8.23. The zero-order valence-electron chi connectivity index (χ0n) is 15.9. The normalized spacial score (nSPS) is 16.1. The molecule has 2 aromatic carbocycles. The Morgan fingerprint density at radius 2 is 2.10 bits per heavy atom. The van der Waals surface area contributed by atoms with Crippen LogP contribution in [-0.2, 0) is 23.1 Å². The van der Waals surface area contributed by atoms with Gasteiger partial charge in [-0.25, -0.2) is 4.98 Å². The van der Waals surface area contributed by atoms with E-state index >= 15 is 0 Å². The van der Waals surface area contributed by atoms with E-state index in [0.717, 1.165) is 29.7 Å². The Morgan fingerprint density at radius 3 is 2.86 bits per heavy atom. The van der Waals surface area contributed by atoms with E-state index in [1.165, 1.54) is 0 Å². The highest BCUT2D eigenvalue weighted by molar-refractivity contribution is 6.34. The third-order valence-electron chi connectivity index (χ3n) is 4.99. The molecule has 2 amide bonds. The molecule has 1 atom stereocenters. The number of hydrogen-bond acceptors (Lipinski definition) is 4. The van der Waals surface area contributed by atoms with Gasteiger partial charge in [-0.05, 0) is 43.2 Å². The number of ether oxygens (including phenoxy) is 1. The number of halogens is 1. The van der Waals surface area contributed by atoms with Crippen LogP contribution >= 0.6 is 11.6 Å². The van der Waals surface area contributed by atoms with Gasteiger partial charge < -0.3 is 19.9 Å². The van der Waals surface area contributed by atoms with Crippen LogP contribution in [0.25, 0.3) is 11.0 Å². The topological polar surface area (TPSA) is 85.2 Å². The van der Waals surface area contributed by atoms with Gasteiger partial charge in [0, 0.05) is 19.3 Å². The monoisotopic (exact) mass is 412 g/mol. The van der Waals surface area contributed by atoms with Crippen molar-refractivity contribution in [2.24, 2.45) is 7.05 Å². The first-order valence-electron chi connectivity index (χ1n) is 9.43. The molecule has 4 rings (SSSR count). The number of carbonyl (C=O) groups excluding carboxylic acids is 2. The van der Waals surface area contributed by atoms with Crippen LogP contribution in [0.5, 0.6) is 0 Å². The van der Waals surface area contributed by atoms with Gasteiger partial charge >= 0.3 is 0 Å². The van der Waals surface area contributed by atoms with Crippen molar-refractivity contribution in [2.45, 2.75) is 25.5 Å². The first kappa shape index (κ1) is 19.4. The molecule has 1 aliphatic heterocycles. The molecule has 7 nitrogen and oxygen atoms in total. The van der Waals surface area contributed by atoms with Crippen molar-refractivity contribution >= 4 is 40.1 Å². The lowest BCUT2D eigenvalue weighted by molar-refractivity contribution is -0.130. The average Bonchev–Trinajstić information content (AvgIpc) is 3.35. The van der Waals surface area contributed by atoms with E-state index in [1.807, 2.05) is 23.7 Å². The molecule has 1 aliphatic rings. The van der Waals surface area contributed by atoms with Gasteiger partial charge in [0.2, 0.25) is 5.91 Å². The number of fused-ring (bicyclic) bond motifs is 1. The lowest BCUT2D eigenvalue weighted by Gasteiger charge is -2.10. The Labute approximate surface area is 173 Å². The number of nitrogens with one attached hydrogen (secondary N) is 2. The number of anilines is 1. The van der Waals surface area contributed by atoms with E-state index < -0.39 is 0 Å². The van der Waals surface area contributed by atoms with Crippen LogP contribution in [0.2, 0.25) is 5.02 Å². The summed E-state index contributed by atoms with van der Waals surface area (Å²) in [4.78, 5) is 29.2. The fourth-order valence-corrected chi connectivity index (χ4v) is 3.62. The van der Waals surface area contributed by atoms with Crippen LogP contribution in [0.3, 0.4) is 0 Å². The van der Waals surface area contributed by atoms with Crippen LogP contribution < -0.4 is 10.6 Å². The summed E-state index contributed by atoms with van der Waals surface area (Å²) < 4.78 is 7.32. The molecule has 0 aliphatic carbocycles. The van der Waals surface area contributed by atoms with Crippen molar-refractivity contribution in [2.75, 3.05) is 11.9 Å². The Morgan fingerprint density at radius 1 is 1.28 bits per heavy atom. The van der Waals surface area contributed by atoms with Crippen molar-refractivity contribution in [1.82, 2.24) is 14.9 Å². The highest BCUT2D eigenvalue weighted by atomic mass is 35.5. The van der Waals surface area contributed by atoms with Gasteiger partial charge in [-0.2, -0.15) is 0 Å². The Balaban J connectivity index is 1.48. The third kappa shape index (κ3) is 4.11. The fourth-order valence-electron chi connectivity index (χ4n) is 3.39. The van der Waals surface area contributed by atoms with Crippen LogP contribution in [-0.4, -0.2) is 34.1 Å². The molecule has 3 aromatic rings. The highest BCUT2D eigenvalue weighted by Crippen LogP contribution is 2.22. The largest absolute Gasteiger partial charge is 0.368 e. The first-order valence-corrected chi connectivity index (χ1v) is 9.81. The first-order chi connectivity index (χ1) is 14.0. The zero-order valence-corrected chi connectivity index (χ0v) is 16.7. The van der Waals surface area contributed by atoms with E-state index in [0.29, 0.717) is 29.4 Å². The molecule has 0 bridgehead atoms. The highest BCUT2D eigenvalue weighted by Gasteiger charge is 2.23. The summed E-state index contributed by atoms with van der Waals surface area (Å²) in [5.41, 5.74) is 2.66. The van der Waals surface area contributed by atoms with E-state index in [4.69, 9.17) is 16.3 Å². The molecule has 0 radical (unpaired) electrons. The van der Waals surface area contributed by atoms with Gasteiger partial charge in [0.1, 0.15) is 11.9 Å². The van der Waals surface area contributed by atoms with Crippen molar-refractivity contribution in [3.8, 4) is 0 Å². The van der Waals surface area contributed by atoms with Crippen LogP contribution in [0.15, 0.2) is 42.5 Å². The number of nitrogens with zero attached hydrogens (tertiary/aromatic N) is 2. The quantitative estimate of drug-likeness (QED) is 0.673. The van der Waals surface area contributed by atoms with Crippen molar-refractivity contribution in [1.29, 1.82) is 0 Å². The molecule has 0 spiro atoms. The van der Waals surface area contributed by atoms with Gasteiger partial charge in [-0.15, -0.1) is 0 Å². The molecular weight excluding hydrogens is 392 g/mol. The number of aryl methyl sites for hydroxylation is 1. The Hall–Kier alpha value is -2.90. The van der Waals surface area contributed by atoms with Gasteiger partial charge in [-0.3, -0.25) is 9.59 Å². The van der Waals surface area contributed by atoms with Crippen LogP contribution in [0, 0.1) is 0 Å². The van der Waals surface area contributed by atoms with Gasteiger partial charge in [0.25, 0.3) is 5.91 Å². The summed E-state index contributed by atoms with van der Waals surface area (Å²) in [7, 11) is 1.89. The molecule has 29 heavy (non-hydrogen) atoms. The number of benzene rings is 2. The molecule has 1 unspecified atom stereocenters. The smallest absolute Gasteiger partial charge is 0.257 e. The van der Waals surface area contributed by atoms with Crippen molar-refractivity contribution in [3.05, 3.63) is 58.9 Å². The number of carbonyl (C=O) groups is 2. The maximum atomic E-state index is 12.5. The zero-order chi connectivity index (χ0) is 20.4. The molecule has 1 aromatic heterocycles. The van der Waals surface area contributed by atoms with Crippen LogP contribution in [0.4, 0.5) is 5.69 Å². The molecule has 1 fully saturated rings. The minimum atomic E-state index is -0.365. The summed E-state index contributed by atoms with van der Waals surface area (Å²) in [5.74, 6) is 0.332. The molecular formula is C21H21ClN4O3. The lowest BCUT2D eigenvalue weighted by atomic mass is 10.2. The second-order valence-corrected chi connectivity index (χ2v) is 7.35. The standard InChI is InChI=1S/C21H21ClN4O3/c1-26-17-9-8-13(24-20(27)14-5-2-3-6-15(14)22)11-16(17)25-19(26)12-23-21(28)18-7-4-10-29-18/h2-3,5-6,8-9,11,18H,4,7,10,12H2,1H3,(H,23,28)(H,24,27). The minimum Gasteiger partial charge on any atom is -0.368 e. The lowest BCUT2D eigenvalue weighted by Crippen LogP contribution is -2.34. The predicted octanol–water partition coefficient (Wildman–Crippen LogP) is 3.27. The van der Waals surface area contributed by atoms with E-state index in [1.54, 1.807) is 30.3 Å². The number of aromatic nitrogens is 2. The number of amides is 2. The molecule has 2 N–H and O–H groups in total. The van der Waals surface area contributed by atoms with Crippen LogP contribution in [0.1, 0.15) is 29.0 Å². The Kier molecular flexibility index (Phi) is 5.51. The molecule has 2 heterocycles. The van der Waals surface area contributed by atoms with E-state index in [-0.39, 0.29) is 17.9 Å². The summed E-state index contributed by atoms with van der Waals surface area (Å²) in [5, 5.41) is 6.13. The van der Waals surface area contributed by atoms with E-state index in [9.17, 15) is 9.59 Å². The SMILES string of the molecule is Cn1c(CNC(=O)C2CCCO2)nc2cc(NC(=O)c3ccccc3Cl)ccc21. The van der Waals surface area contributed by atoms with Crippen molar-refractivity contribution in [3.63, 3.8) is 0 Å². The van der Waals surface area contributed by atoms with Gasteiger partial charge in [0.15, 0.2) is 0 Å². The third-order valence-corrected chi connectivity index (χ3v) is 5.32. The summed E-state index contributed by atoms with van der Waals surface area (Å²) >= 11 is 6.09. The summed E-state index contributed by atoms with van der Waals surface area (Å²) in [6.45, 7) is 0.943. The maximum Gasteiger partial charge on any atom is 0.257 e. The summed E-state index contributed by atoms with van der Waals surface area (Å²) in [6.07, 6.45) is 1.30. The number of rotatable bonds is 5. The maximum absolute atomic E-state index is 12.5. The number of imidazole rings is 1. The van der Waals surface area contributed by atoms with E-state index in [2.05, 4.69) is 15.6 Å². The fraction of sp³-hybridized carbons (Fsp3) is 0.286. The molecule has 0 saturated carbocycles. The second-order valence-electron chi connectivity index (χ2n) is 6.94. The molecule has 8 heteroatoms. The number of hydrogen-bond donors (Lipinski definition) is 2. The Bertz CT molecular complexity index is 1070. The van der Waals surface area contributed by atoms with Crippen molar-refractivity contribution < 1.29 is 14.3 Å². The van der Waals surface area contributed by atoms with Gasteiger partial charge in [-0.1, -0.05) is 23.7 Å². The van der Waals surface area contributed by atoms with Gasteiger partial charge in [0.05, 0.1) is 28.2 Å². The summed E-state index contributed by atoms with van der Waals surface area (Å²) in [6, 6.07) is 12.4. The average molecular weight is 413 g/mol.